The number of rotatable bonds is 3. The SMILES string of the molecule is c1ccc(OC[Si]23OCCN(CCO2)CCO3)cc1. The van der Waals surface area contributed by atoms with Crippen LogP contribution in [0.1, 0.15) is 0 Å². The van der Waals surface area contributed by atoms with Crippen LogP contribution in [0.4, 0.5) is 0 Å². The summed E-state index contributed by atoms with van der Waals surface area (Å²) < 4.78 is 23.5. The van der Waals surface area contributed by atoms with E-state index in [1.54, 1.807) is 0 Å². The molecule has 19 heavy (non-hydrogen) atoms. The maximum Gasteiger partial charge on any atom is 0.540 e. The number of nitrogens with zero attached hydrogens (tertiary/aromatic N) is 1. The molecule has 6 heteroatoms. The standard InChI is InChI=1S/C13H19NO4Si/c1-2-4-13(5-3-1)15-12-19-16-9-6-14(7-10-17-19)8-11-18-19/h1-5H,6-12H2. The highest BCUT2D eigenvalue weighted by Crippen LogP contribution is 2.18. The molecule has 1 aromatic rings. The summed E-state index contributed by atoms with van der Waals surface area (Å²) in [4.78, 5) is 2.30. The van der Waals surface area contributed by atoms with E-state index in [9.17, 15) is 0 Å². The molecule has 4 rings (SSSR count). The van der Waals surface area contributed by atoms with Crippen LogP contribution >= 0.6 is 0 Å². The molecule has 3 heterocycles. The van der Waals surface area contributed by atoms with E-state index in [1.807, 2.05) is 30.3 Å². The lowest BCUT2D eigenvalue weighted by Crippen LogP contribution is -2.58. The maximum absolute atomic E-state index is 5.89. The monoisotopic (exact) mass is 281 g/mol. The summed E-state index contributed by atoms with van der Waals surface area (Å²) in [5, 5.41) is 0. The van der Waals surface area contributed by atoms with Crippen molar-refractivity contribution >= 4 is 8.80 Å². The number of hydrogen-bond acceptors (Lipinski definition) is 5. The fraction of sp³-hybridized carbons (Fsp3) is 0.538. The molecule has 104 valence electrons. The van der Waals surface area contributed by atoms with Crippen LogP contribution < -0.4 is 4.74 Å². The van der Waals surface area contributed by atoms with Gasteiger partial charge in [-0.15, -0.1) is 0 Å². The second-order valence-electron chi connectivity index (χ2n) is 4.67. The van der Waals surface area contributed by atoms with Crippen LogP contribution in [0.25, 0.3) is 0 Å². The molecule has 0 saturated carbocycles. The predicted octanol–water partition coefficient (Wildman–Crippen LogP) is 0.922. The van der Waals surface area contributed by atoms with Gasteiger partial charge in [-0.1, -0.05) is 18.2 Å². The molecule has 0 atom stereocenters. The summed E-state index contributed by atoms with van der Waals surface area (Å²) in [7, 11) is -2.66. The van der Waals surface area contributed by atoms with Gasteiger partial charge in [0.25, 0.3) is 0 Å². The molecule has 3 fully saturated rings. The molecule has 0 N–H and O–H groups in total. The molecule has 0 radical (unpaired) electrons. The van der Waals surface area contributed by atoms with Crippen LogP contribution in [-0.4, -0.2) is 59.4 Å². The summed E-state index contributed by atoms with van der Waals surface area (Å²) in [6.45, 7) is 4.82. The first-order valence-corrected chi connectivity index (χ1v) is 8.62. The largest absolute Gasteiger partial charge is 0.540 e. The van der Waals surface area contributed by atoms with E-state index in [2.05, 4.69) is 4.90 Å². The zero-order valence-electron chi connectivity index (χ0n) is 10.9. The lowest BCUT2D eigenvalue weighted by atomic mass is 10.3. The fourth-order valence-corrected chi connectivity index (χ4v) is 4.31. The van der Waals surface area contributed by atoms with Gasteiger partial charge >= 0.3 is 8.80 Å². The first-order chi connectivity index (χ1) is 9.36. The average Bonchev–Trinajstić information content (AvgIpc) is 2.37. The van der Waals surface area contributed by atoms with E-state index in [4.69, 9.17) is 18.0 Å². The summed E-state index contributed by atoms with van der Waals surface area (Å²) in [5.41, 5.74) is 0. The molecule has 3 aliphatic rings. The zero-order valence-corrected chi connectivity index (χ0v) is 11.9. The van der Waals surface area contributed by atoms with Crippen molar-refractivity contribution in [1.29, 1.82) is 0 Å². The minimum atomic E-state index is -2.66. The Morgan fingerprint density at radius 1 is 0.947 bits per heavy atom. The Bertz CT molecular complexity index is 376. The Hall–Kier alpha value is -0.923. The van der Waals surface area contributed by atoms with Gasteiger partial charge in [0.1, 0.15) is 5.75 Å². The highest BCUT2D eigenvalue weighted by Gasteiger charge is 2.45. The van der Waals surface area contributed by atoms with E-state index in [-0.39, 0.29) is 0 Å². The second-order valence-corrected chi connectivity index (χ2v) is 7.19. The average molecular weight is 281 g/mol. The van der Waals surface area contributed by atoms with Crippen molar-refractivity contribution in [2.75, 3.05) is 45.7 Å². The van der Waals surface area contributed by atoms with Gasteiger partial charge in [0.2, 0.25) is 0 Å². The molecule has 3 saturated heterocycles. The van der Waals surface area contributed by atoms with Gasteiger partial charge < -0.3 is 18.0 Å². The number of fused-ring (bicyclic) bond motifs is 6. The van der Waals surface area contributed by atoms with Gasteiger partial charge in [-0.2, -0.15) is 0 Å². The van der Waals surface area contributed by atoms with E-state index in [0.29, 0.717) is 26.1 Å². The molecule has 0 aliphatic carbocycles. The summed E-state index contributed by atoms with van der Waals surface area (Å²) in [6.07, 6.45) is 0.386. The van der Waals surface area contributed by atoms with Crippen molar-refractivity contribution in [3.05, 3.63) is 30.3 Å². The van der Waals surface area contributed by atoms with Crippen LogP contribution in [-0.2, 0) is 13.3 Å². The van der Waals surface area contributed by atoms with Gasteiger partial charge in [-0.25, -0.2) is 0 Å². The van der Waals surface area contributed by atoms with Crippen molar-refractivity contribution in [2.24, 2.45) is 0 Å². The predicted molar refractivity (Wildman–Crippen MR) is 72.0 cm³/mol. The third-order valence-electron chi connectivity index (χ3n) is 3.35. The lowest BCUT2D eigenvalue weighted by molar-refractivity contribution is -0.0175. The molecule has 2 bridgehead atoms. The lowest BCUT2D eigenvalue weighted by Gasteiger charge is -2.37. The van der Waals surface area contributed by atoms with Gasteiger partial charge in [0.05, 0.1) is 19.8 Å². The van der Waals surface area contributed by atoms with E-state index in [1.165, 1.54) is 0 Å². The van der Waals surface area contributed by atoms with Crippen molar-refractivity contribution in [3.8, 4) is 5.75 Å². The molecular weight excluding hydrogens is 262 g/mol. The summed E-state index contributed by atoms with van der Waals surface area (Å²) in [5.74, 6) is 0.825. The van der Waals surface area contributed by atoms with Crippen LogP contribution in [0.2, 0.25) is 0 Å². The molecule has 0 amide bonds. The zero-order chi connectivity index (χ0) is 13.0. The molecule has 1 aromatic carbocycles. The Morgan fingerprint density at radius 3 is 2.11 bits per heavy atom. The fourth-order valence-electron chi connectivity index (χ4n) is 2.26. The quantitative estimate of drug-likeness (QED) is 0.771. The van der Waals surface area contributed by atoms with Gasteiger partial charge in [-0.3, -0.25) is 4.90 Å². The van der Waals surface area contributed by atoms with Crippen molar-refractivity contribution < 1.29 is 18.0 Å². The minimum Gasteiger partial charge on any atom is -0.489 e. The Balaban J connectivity index is 1.65. The van der Waals surface area contributed by atoms with E-state index >= 15 is 0 Å². The van der Waals surface area contributed by atoms with Crippen molar-refractivity contribution in [3.63, 3.8) is 0 Å². The third kappa shape index (κ3) is 3.34. The second kappa shape index (κ2) is 6.02. The van der Waals surface area contributed by atoms with Crippen LogP contribution in [0.15, 0.2) is 30.3 Å². The first kappa shape index (κ1) is 13.1. The van der Waals surface area contributed by atoms with Gasteiger partial charge in [-0.05, 0) is 12.1 Å². The number of benzene rings is 1. The summed E-state index contributed by atoms with van der Waals surface area (Å²) in [6, 6.07) is 9.72. The molecule has 3 aliphatic heterocycles. The number of para-hydroxylation sites is 1. The summed E-state index contributed by atoms with van der Waals surface area (Å²) >= 11 is 0. The first-order valence-electron chi connectivity index (χ1n) is 6.68. The molecular formula is C13H19NO4Si. The topological polar surface area (TPSA) is 40.2 Å². The Kier molecular flexibility index (Phi) is 4.14. The number of hydrogen-bond donors (Lipinski definition) is 0. The van der Waals surface area contributed by atoms with Crippen molar-refractivity contribution in [1.82, 2.24) is 4.90 Å². The Morgan fingerprint density at radius 2 is 1.53 bits per heavy atom. The van der Waals surface area contributed by atoms with Crippen molar-refractivity contribution in [2.45, 2.75) is 0 Å². The molecule has 5 nitrogen and oxygen atoms in total. The van der Waals surface area contributed by atoms with E-state index in [0.717, 1.165) is 25.4 Å². The van der Waals surface area contributed by atoms with E-state index < -0.39 is 8.80 Å². The van der Waals surface area contributed by atoms with Gasteiger partial charge in [0.15, 0.2) is 6.23 Å². The van der Waals surface area contributed by atoms with Crippen LogP contribution in [0.5, 0.6) is 5.75 Å². The Labute approximate surface area is 114 Å². The normalized spacial score (nSPS) is 31.3. The number of ether oxygens (including phenoxy) is 1. The van der Waals surface area contributed by atoms with Crippen LogP contribution in [0.3, 0.4) is 0 Å². The molecule has 0 spiro atoms. The van der Waals surface area contributed by atoms with Gasteiger partial charge in [0, 0.05) is 19.6 Å². The molecule has 0 aromatic heterocycles. The minimum absolute atomic E-state index is 0.386. The smallest absolute Gasteiger partial charge is 0.489 e. The highest BCUT2D eigenvalue weighted by atomic mass is 28.4. The highest BCUT2D eigenvalue weighted by molar-refractivity contribution is 6.60. The van der Waals surface area contributed by atoms with Crippen LogP contribution in [0, 0.1) is 0 Å². The molecule has 0 unspecified atom stereocenters. The maximum atomic E-state index is 5.89. The third-order valence-corrected chi connectivity index (χ3v) is 5.78.